The molecule has 2 unspecified atom stereocenters. The van der Waals surface area contributed by atoms with Crippen molar-refractivity contribution in [3.63, 3.8) is 0 Å². The molecule has 0 saturated heterocycles. The molecule has 0 aliphatic heterocycles. The summed E-state index contributed by atoms with van der Waals surface area (Å²) in [5, 5.41) is 14.9. The molecule has 7 aromatic carbocycles. The minimum atomic E-state index is -0.0120. The Morgan fingerprint density at radius 1 is 0.463 bits per heavy atom. The lowest BCUT2D eigenvalue weighted by molar-refractivity contribution is 0.795. The van der Waals surface area contributed by atoms with Crippen molar-refractivity contribution in [2.24, 2.45) is 4.99 Å². The molecule has 2 atom stereocenters. The monoisotopic (exact) mass is 528 g/mol. The summed E-state index contributed by atoms with van der Waals surface area (Å²) in [4.78, 5) is 5.29. The van der Waals surface area contributed by atoms with Gasteiger partial charge in [0.25, 0.3) is 0 Å². The molecule has 2 heteroatoms. The van der Waals surface area contributed by atoms with Crippen LogP contribution in [0.2, 0.25) is 0 Å². The predicted molar refractivity (Wildman–Crippen MR) is 175 cm³/mol. The van der Waals surface area contributed by atoms with Crippen LogP contribution in [0.15, 0.2) is 145 Å². The van der Waals surface area contributed by atoms with Crippen LogP contribution in [0, 0.1) is 0 Å². The van der Waals surface area contributed by atoms with Crippen molar-refractivity contribution >= 4 is 48.8 Å². The van der Waals surface area contributed by atoms with Crippen LogP contribution in [0.5, 0.6) is 0 Å². The molecular weight excluding hydrogens is 496 g/mol. The normalized spacial score (nSPS) is 13.6. The topological polar surface area (TPSA) is 24.4 Å². The van der Waals surface area contributed by atoms with Crippen molar-refractivity contribution in [3.05, 3.63) is 156 Å². The van der Waals surface area contributed by atoms with Gasteiger partial charge in [-0.2, -0.15) is 0 Å². The standard InChI is InChI=1S/C39H32N2/c1-26(34-18-10-16-32-22-28-12-6-8-14-30(28)24-36(32)34)40-38-20-4-3-5-21-39(38)41-27(2)35-19-11-17-33-23-29-13-7-9-15-31(29)25-37(33)35/h3-27H,1-2H3,(H,40,41). The number of anilines is 1. The van der Waals surface area contributed by atoms with E-state index in [1.165, 1.54) is 54.2 Å². The number of fused-ring (bicyclic) bond motifs is 4. The minimum absolute atomic E-state index is 0.0120. The number of hydrogen-bond donors (Lipinski definition) is 1. The average molecular weight is 529 g/mol. The summed E-state index contributed by atoms with van der Waals surface area (Å²) in [5.74, 6) is 0. The van der Waals surface area contributed by atoms with E-state index in [2.05, 4.69) is 159 Å². The van der Waals surface area contributed by atoms with Crippen molar-refractivity contribution < 1.29 is 0 Å². The first-order valence-electron chi connectivity index (χ1n) is 14.4. The quantitative estimate of drug-likeness (QED) is 0.221. The molecule has 198 valence electrons. The molecule has 1 N–H and O–H groups in total. The maximum atomic E-state index is 5.29. The van der Waals surface area contributed by atoms with Crippen molar-refractivity contribution in [1.29, 1.82) is 0 Å². The molecule has 41 heavy (non-hydrogen) atoms. The summed E-state index contributed by atoms with van der Waals surface area (Å²) < 4.78 is 0. The van der Waals surface area contributed by atoms with Crippen LogP contribution in [-0.4, -0.2) is 0 Å². The first-order valence-corrected chi connectivity index (χ1v) is 14.4. The van der Waals surface area contributed by atoms with E-state index in [9.17, 15) is 0 Å². The van der Waals surface area contributed by atoms with Gasteiger partial charge in [-0.25, -0.2) is 0 Å². The summed E-state index contributed by atoms with van der Waals surface area (Å²) in [6.45, 7) is 4.43. The van der Waals surface area contributed by atoms with Gasteiger partial charge in [0.1, 0.15) is 0 Å². The summed E-state index contributed by atoms with van der Waals surface area (Å²) in [7, 11) is 0. The Balaban J connectivity index is 1.28. The van der Waals surface area contributed by atoms with Gasteiger partial charge < -0.3 is 5.32 Å². The van der Waals surface area contributed by atoms with Gasteiger partial charge in [-0.05, 0) is 104 Å². The highest BCUT2D eigenvalue weighted by molar-refractivity contribution is 6.01. The maximum Gasteiger partial charge on any atom is 0.0813 e. The van der Waals surface area contributed by atoms with Crippen LogP contribution in [0.3, 0.4) is 0 Å². The summed E-state index contributed by atoms with van der Waals surface area (Å²) in [5.41, 5.74) is 3.54. The molecule has 0 fully saturated rings. The van der Waals surface area contributed by atoms with E-state index in [0.29, 0.717) is 0 Å². The molecule has 0 aromatic heterocycles. The van der Waals surface area contributed by atoms with E-state index in [-0.39, 0.29) is 12.1 Å². The van der Waals surface area contributed by atoms with Crippen LogP contribution in [0.4, 0.5) is 5.69 Å². The molecule has 0 amide bonds. The molecule has 0 bridgehead atoms. The number of nitrogens with one attached hydrogen (secondary N) is 1. The van der Waals surface area contributed by atoms with Gasteiger partial charge >= 0.3 is 0 Å². The number of nitrogens with zero attached hydrogens (tertiary/aromatic N) is 1. The highest BCUT2D eigenvalue weighted by Gasteiger charge is 2.13. The van der Waals surface area contributed by atoms with Crippen molar-refractivity contribution in [1.82, 2.24) is 0 Å². The molecule has 0 heterocycles. The van der Waals surface area contributed by atoms with E-state index in [0.717, 1.165) is 11.0 Å². The fourth-order valence-corrected chi connectivity index (χ4v) is 6.09. The second-order valence-electron chi connectivity index (χ2n) is 10.9. The SMILES string of the molecule is CC(N=c1cccccc1NC(C)c1cccc2cc3ccccc3cc12)c1cccc2cc3ccccc3cc12. The van der Waals surface area contributed by atoms with E-state index < -0.39 is 0 Å². The molecule has 7 rings (SSSR count). The zero-order chi connectivity index (χ0) is 27.8. The number of hydrogen-bond acceptors (Lipinski definition) is 2. The van der Waals surface area contributed by atoms with E-state index in [1.54, 1.807) is 0 Å². The first-order chi connectivity index (χ1) is 20.1. The molecular formula is C39H32N2. The fourth-order valence-electron chi connectivity index (χ4n) is 6.09. The molecule has 0 radical (unpaired) electrons. The lowest BCUT2D eigenvalue weighted by atomic mass is 9.96. The van der Waals surface area contributed by atoms with E-state index in [4.69, 9.17) is 4.99 Å². The van der Waals surface area contributed by atoms with Crippen LogP contribution < -0.4 is 10.7 Å². The summed E-state index contributed by atoms with van der Waals surface area (Å²) in [6.07, 6.45) is 0. The third-order valence-electron chi connectivity index (χ3n) is 8.20. The predicted octanol–water partition coefficient (Wildman–Crippen LogP) is 10.1. The summed E-state index contributed by atoms with van der Waals surface area (Å²) in [6, 6.07) is 50.1. The zero-order valence-electron chi connectivity index (χ0n) is 23.4. The average Bonchev–Trinajstić information content (AvgIpc) is 3.22. The Hall–Kier alpha value is -4.95. The molecule has 7 aromatic rings. The second-order valence-corrected chi connectivity index (χ2v) is 10.9. The lowest BCUT2D eigenvalue weighted by Gasteiger charge is -2.19. The third kappa shape index (κ3) is 4.83. The fraction of sp³-hybridized carbons (Fsp3) is 0.103. The number of benzene rings is 6. The molecule has 0 saturated carbocycles. The second kappa shape index (κ2) is 10.6. The van der Waals surface area contributed by atoms with Crippen molar-refractivity contribution in [2.75, 3.05) is 5.32 Å². The Labute approximate surface area is 240 Å². The van der Waals surface area contributed by atoms with E-state index >= 15 is 0 Å². The highest BCUT2D eigenvalue weighted by atomic mass is 14.9. The molecule has 2 nitrogen and oxygen atoms in total. The lowest BCUT2D eigenvalue weighted by Crippen LogP contribution is -2.15. The van der Waals surface area contributed by atoms with Gasteiger partial charge in [-0.15, -0.1) is 0 Å². The van der Waals surface area contributed by atoms with Crippen molar-refractivity contribution in [2.45, 2.75) is 25.9 Å². The Kier molecular flexibility index (Phi) is 6.45. The Morgan fingerprint density at radius 3 is 1.59 bits per heavy atom. The molecule has 0 spiro atoms. The van der Waals surface area contributed by atoms with E-state index in [1.807, 2.05) is 0 Å². The Bertz CT molecular complexity index is 2130. The first kappa shape index (κ1) is 25.0. The van der Waals surface area contributed by atoms with Crippen LogP contribution in [0.25, 0.3) is 43.1 Å². The van der Waals surface area contributed by atoms with Gasteiger partial charge in [0.15, 0.2) is 0 Å². The zero-order valence-corrected chi connectivity index (χ0v) is 23.4. The van der Waals surface area contributed by atoms with Crippen molar-refractivity contribution in [3.8, 4) is 0 Å². The molecule has 0 aliphatic rings. The smallest absolute Gasteiger partial charge is 0.0813 e. The Morgan fingerprint density at radius 2 is 0.951 bits per heavy atom. The maximum absolute atomic E-state index is 5.29. The van der Waals surface area contributed by atoms with Crippen LogP contribution in [0.1, 0.15) is 37.1 Å². The van der Waals surface area contributed by atoms with Gasteiger partial charge in [-0.1, -0.05) is 103 Å². The molecule has 0 aliphatic carbocycles. The van der Waals surface area contributed by atoms with Crippen LogP contribution >= 0.6 is 0 Å². The summed E-state index contributed by atoms with van der Waals surface area (Å²) >= 11 is 0. The van der Waals surface area contributed by atoms with Gasteiger partial charge in [0.05, 0.1) is 17.1 Å². The minimum Gasteiger partial charge on any atom is -0.377 e. The highest BCUT2D eigenvalue weighted by Crippen LogP contribution is 2.32. The third-order valence-corrected chi connectivity index (χ3v) is 8.20. The van der Waals surface area contributed by atoms with Crippen LogP contribution in [-0.2, 0) is 0 Å². The number of rotatable bonds is 5. The largest absolute Gasteiger partial charge is 0.377 e. The van der Waals surface area contributed by atoms with Gasteiger partial charge in [0, 0.05) is 6.04 Å². The van der Waals surface area contributed by atoms with Gasteiger partial charge in [0.2, 0.25) is 0 Å². The van der Waals surface area contributed by atoms with Gasteiger partial charge in [-0.3, -0.25) is 4.99 Å².